The van der Waals surface area contributed by atoms with Crippen LogP contribution in [-0.4, -0.2) is 5.91 Å². The normalized spacial score (nSPS) is 10.0. The topological polar surface area (TPSA) is 52.9 Å². The zero-order valence-electron chi connectivity index (χ0n) is 10.3. The summed E-state index contributed by atoms with van der Waals surface area (Å²) in [4.78, 5) is 11.8. The van der Waals surface area contributed by atoms with Crippen molar-refractivity contribution in [1.29, 1.82) is 5.26 Å². The minimum absolute atomic E-state index is 0.0584. The van der Waals surface area contributed by atoms with Gasteiger partial charge in [0.15, 0.2) is 17.5 Å². The van der Waals surface area contributed by atoms with Gasteiger partial charge in [0.25, 0.3) is 5.91 Å². The summed E-state index contributed by atoms with van der Waals surface area (Å²) in [5.41, 5.74) is -0.693. The molecule has 0 atom stereocenters. The van der Waals surface area contributed by atoms with Crippen LogP contribution in [0.3, 0.4) is 0 Å². The lowest BCUT2D eigenvalue weighted by atomic mass is 10.1. The summed E-state index contributed by atoms with van der Waals surface area (Å²) < 4.78 is 51.9. The molecule has 0 spiro atoms. The van der Waals surface area contributed by atoms with Gasteiger partial charge in [-0.1, -0.05) is 0 Å². The number of nitriles is 1. The summed E-state index contributed by atoms with van der Waals surface area (Å²) >= 11 is 0. The number of rotatable bonds is 2. The first kappa shape index (κ1) is 14.5. The molecule has 106 valence electrons. The van der Waals surface area contributed by atoms with Gasteiger partial charge in [-0.05, 0) is 30.3 Å². The summed E-state index contributed by atoms with van der Waals surface area (Å²) in [5, 5.41) is 10.9. The first-order valence-corrected chi connectivity index (χ1v) is 5.58. The highest BCUT2D eigenvalue weighted by molar-refractivity contribution is 6.04. The Morgan fingerprint density at radius 2 is 1.62 bits per heavy atom. The van der Waals surface area contributed by atoms with E-state index in [4.69, 9.17) is 5.26 Å². The van der Waals surface area contributed by atoms with Crippen molar-refractivity contribution in [1.82, 2.24) is 0 Å². The van der Waals surface area contributed by atoms with E-state index in [2.05, 4.69) is 5.32 Å². The Morgan fingerprint density at radius 3 is 2.19 bits per heavy atom. The number of carbonyl (C=O) groups excluding carboxylic acids is 1. The van der Waals surface area contributed by atoms with E-state index in [1.165, 1.54) is 6.07 Å². The van der Waals surface area contributed by atoms with E-state index in [-0.39, 0.29) is 11.3 Å². The van der Waals surface area contributed by atoms with Crippen LogP contribution in [0.15, 0.2) is 30.3 Å². The van der Waals surface area contributed by atoms with Crippen LogP contribution in [0, 0.1) is 34.6 Å². The maximum atomic E-state index is 13.1. The van der Waals surface area contributed by atoms with Gasteiger partial charge in [0, 0.05) is 11.3 Å². The number of amides is 1. The van der Waals surface area contributed by atoms with Crippen molar-refractivity contribution in [2.24, 2.45) is 0 Å². The number of benzene rings is 2. The summed E-state index contributed by atoms with van der Waals surface area (Å²) in [7, 11) is 0. The molecular weight excluding hydrogens is 288 g/mol. The fourth-order valence-electron chi connectivity index (χ4n) is 1.58. The molecule has 0 bridgehead atoms. The molecule has 0 aliphatic heterocycles. The lowest BCUT2D eigenvalue weighted by Crippen LogP contribution is -2.13. The number of hydrogen-bond donors (Lipinski definition) is 1. The number of carbonyl (C=O) groups is 1. The Hall–Kier alpha value is -2.88. The van der Waals surface area contributed by atoms with Gasteiger partial charge >= 0.3 is 0 Å². The van der Waals surface area contributed by atoms with E-state index in [0.29, 0.717) is 12.1 Å². The molecule has 7 heteroatoms. The quantitative estimate of drug-likeness (QED) is 0.682. The third-order valence-corrected chi connectivity index (χ3v) is 2.59. The largest absolute Gasteiger partial charge is 0.322 e. The van der Waals surface area contributed by atoms with Crippen molar-refractivity contribution >= 4 is 11.6 Å². The second-order valence-corrected chi connectivity index (χ2v) is 4.01. The van der Waals surface area contributed by atoms with Gasteiger partial charge in [-0.2, -0.15) is 5.26 Å². The van der Waals surface area contributed by atoms with E-state index < -0.39 is 34.7 Å². The highest BCUT2D eigenvalue weighted by Crippen LogP contribution is 2.17. The summed E-state index contributed by atoms with van der Waals surface area (Å²) in [6.45, 7) is 0. The fourth-order valence-corrected chi connectivity index (χ4v) is 1.58. The average Bonchev–Trinajstić information content (AvgIpc) is 2.46. The van der Waals surface area contributed by atoms with Crippen LogP contribution in [0.1, 0.15) is 15.9 Å². The van der Waals surface area contributed by atoms with Crippen LogP contribution < -0.4 is 5.32 Å². The summed E-state index contributed by atoms with van der Waals surface area (Å²) in [6, 6.07) is 5.83. The molecule has 2 aromatic rings. The van der Waals surface area contributed by atoms with Crippen molar-refractivity contribution < 1.29 is 22.4 Å². The number of halogens is 4. The zero-order chi connectivity index (χ0) is 15.6. The van der Waals surface area contributed by atoms with E-state index >= 15 is 0 Å². The van der Waals surface area contributed by atoms with Crippen molar-refractivity contribution in [3.05, 3.63) is 64.7 Å². The molecule has 3 nitrogen and oxygen atoms in total. The number of anilines is 1. The van der Waals surface area contributed by atoms with E-state index in [1.54, 1.807) is 6.07 Å². The molecule has 0 fully saturated rings. The van der Waals surface area contributed by atoms with E-state index in [1.807, 2.05) is 0 Å². The molecule has 1 amide bonds. The van der Waals surface area contributed by atoms with Gasteiger partial charge in [0.2, 0.25) is 0 Å². The van der Waals surface area contributed by atoms with Crippen LogP contribution in [0.4, 0.5) is 23.2 Å². The lowest BCUT2D eigenvalue weighted by Gasteiger charge is -2.07. The Labute approximate surface area is 116 Å². The first-order valence-electron chi connectivity index (χ1n) is 5.58. The van der Waals surface area contributed by atoms with Crippen molar-refractivity contribution in [3.8, 4) is 6.07 Å². The zero-order valence-corrected chi connectivity index (χ0v) is 10.3. The first-order chi connectivity index (χ1) is 9.92. The number of hydrogen-bond acceptors (Lipinski definition) is 2. The van der Waals surface area contributed by atoms with E-state index in [0.717, 1.165) is 12.1 Å². The fraction of sp³-hybridized carbons (Fsp3) is 0. The van der Waals surface area contributed by atoms with Gasteiger partial charge < -0.3 is 5.32 Å². The predicted molar refractivity (Wildman–Crippen MR) is 65.4 cm³/mol. The predicted octanol–water partition coefficient (Wildman–Crippen LogP) is 3.37. The molecule has 0 aliphatic carbocycles. The summed E-state index contributed by atoms with van der Waals surface area (Å²) in [5.74, 6) is -6.38. The van der Waals surface area contributed by atoms with Crippen LogP contribution in [0.5, 0.6) is 0 Å². The van der Waals surface area contributed by atoms with Gasteiger partial charge in [-0.3, -0.25) is 4.79 Å². The lowest BCUT2D eigenvalue weighted by molar-refractivity contribution is 0.102. The Bertz CT molecular complexity index is 745. The Balaban J connectivity index is 2.28. The third-order valence-electron chi connectivity index (χ3n) is 2.59. The molecule has 0 aliphatic rings. The van der Waals surface area contributed by atoms with Crippen LogP contribution in [-0.2, 0) is 0 Å². The molecule has 2 rings (SSSR count). The molecule has 0 unspecified atom stereocenters. The maximum Gasteiger partial charge on any atom is 0.255 e. The Kier molecular flexibility index (Phi) is 3.89. The third kappa shape index (κ3) is 3.00. The van der Waals surface area contributed by atoms with Crippen molar-refractivity contribution in [2.75, 3.05) is 5.32 Å². The summed E-state index contributed by atoms with van der Waals surface area (Å²) in [6.07, 6.45) is 0. The molecule has 0 saturated carbocycles. The molecule has 0 aromatic heterocycles. The monoisotopic (exact) mass is 294 g/mol. The van der Waals surface area contributed by atoms with Crippen LogP contribution >= 0.6 is 0 Å². The molecule has 0 radical (unpaired) electrons. The van der Waals surface area contributed by atoms with Crippen LogP contribution in [0.25, 0.3) is 0 Å². The van der Waals surface area contributed by atoms with Crippen molar-refractivity contribution in [2.45, 2.75) is 0 Å². The second kappa shape index (κ2) is 5.63. The minimum Gasteiger partial charge on any atom is -0.322 e. The van der Waals surface area contributed by atoms with Gasteiger partial charge in [-0.25, -0.2) is 17.6 Å². The molecule has 0 heterocycles. The number of nitrogens with zero attached hydrogens (tertiary/aromatic N) is 1. The van der Waals surface area contributed by atoms with Crippen LogP contribution in [0.2, 0.25) is 0 Å². The average molecular weight is 294 g/mol. The molecule has 1 N–H and O–H groups in total. The minimum atomic E-state index is -1.68. The molecule has 21 heavy (non-hydrogen) atoms. The highest BCUT2D eigenvalue weighted by atomic mass is 19.2. The van der Waals surface area contributed by atoms with Crippen molar-refractivity contribution in [3.63, 3.8) is 0 Å². The molecule has 2 aromatic carbocycles. The standard InChI is InChI=1S/C14H6F4N2O/c15-10-2-1-9(3-8(10)6-19)20-14(21)7-4-11(16)13(18)12(17)5-7/h1-5H,(H,20,21). The second-order valence-electron chi connectivity index (χ2n) is 4.01. The van der Waals surface area contributed by atoms with Gasteiger partial charge in [0.1, 0.15) is 11.9 Å². The number of nitrogens with one attached hydrogen (secondary N) is 1. The van der Waals surface area contributed by atoms with Gasteiger partial charge in [0.05, 0.1) is 5.56 Å². The molecular formula is C14H6F4N2O. The maximum absolute atomic E-state index is 13.1. The van der Waals surface area contributed by atoms with E-state index in [9.17, 15) is 22.4 Å². The smallest absolute Gasteiger partial charge is 0.255 e. The Morgan fingerprint density at radius 1 is 1.00 bits per heavy atom. The van der Waals surface area contributed by atoms with Gasteiger partial charge in [-0.15, -0.1) is 0 Å². The SMILES string of the molecule is N#Cc1cc(NC(=O)c2cc(F)c(F)c(F)c2)ccc1F. The molecule has 0 saturated heterocycles. The highest BCUT2D eigenvalue weighted by Gasteiger charge is 2.15.